The molecule has 3 aromatic carbocycles. The largest absolute Gasteiger partial charge is 0.497 e. The molecule has 2 amide bonds. The number of amides is 2. The monoisotopic (exact) mass is 656 g/mol. The second-order valence-corrected chi connectivity index (χ2v) is 12.0. The van der Waals surface area contributed by atoms with Gasteiger partial charge in [-0.05, 0) is 76.8 Å². The molecule has 2 bridgehead atoms. The first-order valence-electron chi connectivity index (χ1n) is 14.5. The van der Waals surface area contributed by atoms with Gasteiger partial charge in [-0.1, -0.05) is 24.3 Å². The van der Waals surface area contributed by atoms with Gasteiger partial charge in [0, 0.05) is 59.5 Å². The first-order valence-corrected chi connectivity index (χ1v) is 15.3. The Morgan fingerprint density at radius 2 is 1.75 bits per heavy atom. The summed E-state index contributed by atoms with van der Waals surface area (Å²) in [5.41, 5.74) is 4.10. The molecule has 4 aromatic rings. The SMILES string of the molecule is COc1ccc(Br)c(C(=O)Nc2cc(C(=O)NCc3ccccc3OC)ccc2N2C[C@H]3C[C@@H](C2)c2cccc(=O)n2C3)c1. The van der Waals surface area contributed by atoms with Crippen molar-refractivity contribution in [3.8, 4) is 11.5 Å². The van der Waals surface area contributed by atoms with Gasteiger partial charge in [-0.3, -0.25) is 14.4 Å². The number of benzene rings is 3. The Balaban J connectivity index is 1.31. The van der Waals surface area contributed by atoms with Crippen LogP contribution in [0.2, 0.25) is 0 Å². The van der Waals surface area contributed by atoms with E-state index in [0.717, 1.165) is 29.9 Å². The zero-order valence-corrected chi connectivity index (χ0v) is 26.1. The highest BCUT2D eigenvalue weighted by Gasteiger charge is 2.35. The van der Waals surface area contributed by atoms with E-state index in [1.54, 1.807) is 50.6 Å². The number of carbonyl (C=O) groups excluding carboxylic acids is 2. The molecule has 2 aliphatic heterocycles. The third kappa shape index (κ3) is 5.94. The number of pyridine rings is 1. The maximum absolute atomic E-state index is 13.6. The van der Waals surface area contributed by atoms with Crippen molar-refractivity contribution < 1.29 is 19.1 Å². The van der Waals surface area contributed by atoms with Crippen LogP contribution in [0.1, 0.15) is 44.3 Å². The van der Waals surface area contributed by atoms with E-state index in [1.807, 2.05) is 47.0 Å². The topological polar surface area (TPSA) is 102 Å². The van der Waals surface area contributed by atoms with Crippen molar-refractivity contribution in [3.63, 3.8) is 0 Å². The molecule has 1 saturated heterocycles. The predicted octanol–water partition coefficient (Wildman–Crippen LogP) is 5.43. The molecule has 1 aromatic heterocycles. The molecule has 0 radical (unpaired) electrons. The Kier molecular flexibility index (Phi) is 8.43. The molecule has 44 heavy (non-hydrogen) atoms. The second-order valence-electron chi connectivity index (χ2n) is 11.1. The molecule has 0 unspecified atom stereocenters. The van der Waals surface area contributed by atoms with Crippen LogP contribution in [-0.4, -0.2) is 43.7 Å². The smallest absolute Gasteiger partial charge is 0.257 e. The molecule has 2 atom stereocenters. The summed E-state index contributed by atoms with van der Waals surface area (Å²) < 4.78 is 13.3. The maximum Gasteiger partial charge on any atom is 0.257 e. The van der Waals surface area contributed by atoms with Crippen LogP contribution < -0.4 is 30.6 Å². The molecule has 2 N–H and O–H groups in total. The van der Waals surface area contributed by atoms with Gasteiger partial charge in [0.1, 0.15) is 11.5 Å². The van der Waals surface area contributed by atoms with Crippen molar-refractivity contribution in [2.45, 2.75) is 25.4 Å². The highest BCUT2D eigenvalue weighted by atomic mass is 79.9. The first-order chi connectivity index (χ1) is 21.3. The summed E-state index contributed by atoms with van der Waals surface area (Å²) in [6, 6.07) is 23.6. The van der Waals surface area contributed by atoms with Crippen molar-refractivity contribution in [2.75, 3.05) is 37.5 Å². The van der Waals surface area contributed by atoms with Gasteiger partial charge < -0.3 is 29.6 Å². The third-order valence-corrected chi connectivity index (χ3v) is 9.07. The summed E-state index contributed by atoms with van der Waals surface area (Å²) >= 11 is 3.49. The number of fused-ring (bicyclic) bond motifs is 4. The Hall–Kier alpha value is -4.57. The van der Waals surface area contributed by atoms with Crippen molar-refractivity contribution >= 4 is 39.1 Å². The standard InChI is InChI=1S/C34H33BrN4O5/c1-43-25-11-12-27(35)26(16-25)34(42)37-28-15-22(33(41)36-17-23-6-3-4-8-31(23)44-2)10-13-30(28)38-18-21-14-24(20-38)29-7-5-9-32(40)39(29)19-21/h3-13,15-16,21,24H,14,17-20H2,1-2H3,(H,36,41)(H,37,42)/t21-,24+/m1/s1. The highest BCUT2D eigenvalue weighted by molar-refractivity contribution is 9.10. The second kappa shape index (κ2) is 12.6. The van der Waals surface area contributed by atoms with E-state index in [-0.39, 0.29) is 35.8 Å². The molecular weight excluding hydrogens is 624 g/mol. The average Bonchev–Trinajstić information content (AvgIpc) is 3.04. The number of anilines is 2. The summed E-state index contributed by atoms with van der Waals surface area (Å²) in [5, 5.41) is 6.05. The molecule has 1 fully saturated rings. The fourth-order valence-corrected chi connectivity index (χ4v) is 6.69. The van der Waals surface area contributed by atoms with E-state index in [1.165, 1.54) is 0 Å². The summed E-state index contributed by atoms with van der Waals surface area (Å²) in [4.78, 5) is 41.8. The number of ether oxygens (including phenoxy) is 2. The number of carbonyl (C=O) groups is 2. The minimum Gasteiger partial charge on any atom is -0.497 e. The van der Waals surface area contributed by atoms with Gasteiger partial charge in [0.25, 0.3) is 17.4 Å². The molecule has 10 heteroatoms. The predicted molar refractivity (Wildman–Crippen MR) is 173 cm³/mol. The zero-order chi connectivity index (χ0) is 30.8. The lowest BCUT2D eigenvalue weighted by Gasteiger charge is -2.44. The number of methoxy groups -OCH3 is 2. The molecule has 0 spiro atoms. The lowest BCUT2D eigenvalue weighted by molar-refractivity contribution is 0.0949. The molecule has 226 valence electrons. The third-order valence-electron chi connectivity index (χ3n) is 8.38. The van der Waals surface area contributed by atoms with E-state index >= 15 is 0 Å². The fraction of sp³-hybridized carbons (Fsp3) is 0.265. The fourth-order valence-electron chi connectivity index (χ4n) is 6.27. The van der Waals surface area contributed by atoms with Crippen LogP contribution in [0.5, 0.6) is 11.5 Å². The number of piperidine rings is 1. The van der Waals surface area contributed by atoms with Crippen LogP contribution >= 0.6 is 15.9 Å². The van der Waals surface area contributed by atoms with Crippen molar-refractivity contribution in [3.05, 3.63) is 116 Å². The summed E-state index contributed by atoms with van der Waals surface area (Å²) in [5.74, 6) is 1.10. The average molecular weight is 658 g/mol. The van der Waals surface area contributed by atoms with Crippen molar-refractivity contribution in [2.24, 2.45) is 5.92 Å². The normalized spacial score (nSPS) is 16.9. The van der Waals surface area contributed by atoms with Gasteiger partial charge in [-0.2, -0.15) is 0 Å². The van der Waals surface area contributed by atoms with Crippen molar-refractivity contribution in [1.29, 1.82) is 0 Å². The quantitative estimate of drug-likeness (QED) is 0.262. The van der Waals surface area contributed by atoms with Gasteiger partial charge in [-0.25, -0.2) is 0 Å². The van der Waals surface area contributed by atoms with Gasteiger partial charge >= 0.3 is 0 Å². The van der Waals surface area contributed by atoms with E-state index in [4.69, 9.17) is 9.47 Å². The van der Waals surface area contributed by atoms with Crippen molar-refractivity contribution in [1.82, 2.24) is 9.88 Å². The highest BCUT2D eigenvalue weighted by Crippen LogP contribution is 2.39. The zero-order valence-electron chi connectivity index (χ0n) is 24.5. The van der Waals surface area contributed by atoms with Gasteiger partial charge in [0.2, 0.25) is 0 Å². The molecule has 0 aliphatic carbocycles. The summed E-state index contributed by atoms with van der Waals surface area (Å²) in [6.45, 7) is 2.36. The summed E-state index contributed by atoms with van der Waals surface area (Å²) in [7, 11) is 3.15. The van der Waals surface area contributed by atoms with Crippen LogP contribution in [0.15, 0.2) is 88.1 Å². The molecule has 9 nitrogen and oxygen atoms in total. The Morgan fingerprint density at radius 1 is 0.909 bits per heavy atom. The number of hydrogen-bond acceptors (Lipinski definition) is 6. The number of nitrogens with one attached hydrogen (secondary N) is 2. The van der Waals surface area contributed by atoms with E-state index in [2.05, 4.69) is 31.5 Å². The minimum absolute atomic E-state index is 0.0333. The number of rotatable bonds is 8. The Bertz CT molecular complexity index is 1790. The lowest BCUT2D eigenvalue weighted by Crippen LogP contribution is -2.47. The van der Waals surface area contributed by atoms with Crippen LogP contribution in [0, 0.1) is 5.92 Å². The van der Waals surface area contributed by atoms with Gasteiger partial charge in [-0.15, -0.1) is 0 Å². The van der Waals surface area contributed by atoms with E-state index < -0.39 is 0 Å². The minimum atomic E-state index is -0.335. The van der Waals surface area contributed by atoms with E-state index in [9.17, 15) is 14.4 Å². The number of aromatic nitrogens is 1. The number of halogens is 1. The molecule has 3 heterocycles. The maximum atomic E-state index is 13.6. The van der Waals surface area contributed by atoms with Gasteiger partial charge in [0.15, 0.2) is 0 Å². The van der Waals surface area contributed by atoms with Crippen LogP contribution in [0.25, 0.3) is 0 Å². The number of nitrogens with zero attached hydrogens (tertiary/aromatic N) is 2. The van der Waals surface area contributed by atoms with E-state index in [0.29, 0.717) is 45.9 Å². The molecule has 2 aliphatic rings. The Labute approximate surface area is 263 Å². The first kappa shape index (κ1) is 29.5. The van der Waals surface area contributed by atoms with Crippen LogP contribution in [0.4, 0.5) is 11.4 Å². The summed E-state index contributed by atoms with van der Waals surface area (Å²) in [6.07, 6.45) is 1.00. The molecule has 6 rings (SSSR count). The number of para-hydroxylation sites is 1. The number of hydrogen-bond donors (Lipinski definition) is 2. The lowest BCUT2D eigenvalue weighted by atomic mass is 9.83. The Morgan fingerprint density at radius 3 is 2.57 bits per heavy atom. The molecule has 0 saturated carbocycles. The van der Waals surface area contributed by atoms with Crippen LogP contribution in [-0.2, 0) is 13.1 Å². The van der Waals surface area contributed by atoms with Crippen LogP contribution in [0.3, 0.4) is 0 Å². The van der Waals surface area contributed by atoms with Gasteiger partial charge in [0.05, 0.1) is 31.2 Å². The molecular formula is C34H33BrN4O5.